The fourth-order valence-electron chi connectivity index (χ4n) is 2.28. The zero-order valence-corrected chi connectivity index (χ0v) is 13.3. The van der Waals surface area contributed by atoms with Crippen LogP contribution in [0.25, 0.3) is 11.1 Å². The Morgan fingerprint density at radius 1 is 1.17 bits per heavy atom. The van der Waals surface area contributed by atoms with Gasteiger partial charge in [-0.3, -0.25) is 4.79 Å². The van der Waals surface area contributed by atoms with E-state index in [-0.39, 0.29) is 12.2 Å². The first-order valence-electron chi connectivity index (χ1n) is 7.41. The molecule has 0 unspecified atom stereocenters. The van der Waals surface area contributed by atoms with Crippen molar-refractivity contribution in [3.63, 3.8) is 0 Å². The minimum atomic E-state index is -0.621. The highest BCUT2D eigenvalue weighted by Gasteiger charge is 2.15. The van der Waals surface area contributed by atoms with E-state index in [9.17, 15) is 9.59 Å². The third kappa shape index (κ3) is 3.27. The number of nitrogens with one attached hydrogen (secondary N) is 1. The van der Waals surface area contributed by atoms with Crippen LogP contribution in [-0.2, 0) is 9.53 Å². The van der Waals surface area contributed by atoms with Crippen LogP contribution in [0.4, 0.5) is 5.69 Å². The predicted octanol–water partition coefficient (Wildman–Crippen LogP) is 3.24. The van der Waals surface area contributed by atoms with Crippen LogP contribution in [0.1, 0.15) is 21.5 Å². The monoisotopic (exact) mass is 324 g/mol. The molecule has 3 aromatic rings. The van der Waals surface area contributed by atoms with Crippen molar-refractivity contribution in [3.8, 4) is 0 Å². The molecule has 0 radical (unpaired) electrons. The number of nitrogens with zero attached hydrogens (tertiary/aromatic N) is 1. The molecule has 0 aliphatic heterocycles. The van der Waals surface area contributed by atoms with Gasteiger partial charge in [0.15, 0.2) is 18.6 Å². The molecule has 2 aromatic carbocycles. The lowest BCUT2D eigenvalue weighted by molar-refractivity contribution is -0.119. The van der Waals surface area contributed by atoms with Crippen LogP contribution < -0.4 is 5.32 Å². The summed E-state index contributed by atoms with van der Waals surface area (Å²) < 4.78 is 10.2. The highest BCUT2D eigenvalue weighted by atomic mass is 16.5. The largest absolute Gasteiger partial charge is 0.452 e. The second-order valence-electron chi connectivity index (χ2n) is 5.43. The lowest BCUT2D eigenvalue weighted by Crippen LogP contribution is -2.21. The van der Waals surface area contributed by atoms with Crippen molar-refractivity contribution in [2.24, 2.45) is 0 Å². The summed E-state index contributed by atoms with van der Waals surface area (Å²) in [7, 11) is 0. The number of hydrogen-bond acceptors (Lipinski definition) is 5. The summed E-state index contributed by atoms with van der Waals surface area (Å²) in [6.45, 7) is 3.58. The molecule has 3 rings (SSSR count). The molecular formula is C18H16N2O4. The number of fused-ring (bicyclic) bond motifs is 1. The Hall–Kier alpha value is -3.15. The fraction of sp³-hybridized carbons (Fsp3) is 0.167. The molecule has 1 heterocycles. The Morgan fingerprint density at radius 3 is 2.79 bits per heavy atom. The van der Waals surface area contributed by atoms with Gasteiger partial charge in [-0.05, 0) is 49.2 Å². The summed E-state index contributed by atoms with van der Waals surface area (Å²) in [6, 6.07) is 10.5. The van der Waals surface area contributed by atoms with Crippen molar-refractivity contribution in [1.29, 1.82) is 0 Å². The van der Waals surface area contributed by atoms with Crippen LogP contribution in [0, 0.1) is 13.8 Å². The quantitative estimate of drug-likeness (QED) is 0.745. The van der Waals surface area contributed by atoms with Gasteiger partial charge in [0, 0.05) is 5.69 Å². The van der Waals surface area contributed by atoms with Crippen LogP contribution in [0.15, 0.2) is 47.2 Å². The summed E-state index contributed by atoms with van der Waals surface area (Å²) in [6.07, 6.45) is 1.26. The van der Waals surface area contributed by atoms with E-state index in [1.165, 1.54) is 6.39 Å². The molecule has 0 saturated heterocycles. The number of aryl methyl sites for hydroxylation is 2. The number of benzene rings is 2. The van der Waals surface area contributed by atoms with Crippen molar-refractivity contribution in [2.75, 3.05) is 11.9 Å². The number of hydrogen-bond donors (Lipinski definition) is 1. The summed E-state index contributed by atoms with van der Waals surface area (Å²) in [4.78, 5) is 28.0. The Balaban J connectivity index is 1.62. The number of rotatable bonds is 4. The van der Waals surface area contributed by atoms with Crippen LogP contribution in [0.3, 0.4) is 0 Å². The van der Waals surface area contributed by atoms with E-state index in [1.807, 2.05) is 26.0 Å². The Kier molecular flexibility index (Phi) is 4.29. The molecule has 24 heavy (non-hydrogen) atoms. The van der Waals surface area contributed by atoms with Crippen molar-refractivity contribution >= 4 is 28.7 Å². The normalized spacial score (nSPS) is 10.6. The number of anilines is 1. The second-order valence-corrected chi connectivity index (χ2v) is 5.43. The van der Waals surface area contributed by atoms with Crippen molar-refractivity contribution in [1.82, 2.24) is 4.98 Å². The number of para-hydroxylation sites is 1. The molecule has 0 aliphatic carbocycles. The molecule has 6 heteroatoms. The van der Waals surface area contributed by atoms with Gasteiger partial charge in [0.1, 0.15) is 5.52 Å². The van der Waals surface area contributed by atoms with Gasteiger partial charge < -0.3 is 14.5 Å². The first kappa shape index (κ1) is 15.7. The third-order valence-corrected chi connectivity index (χ3v) is 3.71. The number of aromatic nitrogens is 1. The molecule has 1 N–H and O–H groups in total. The van der Waals surface area contributed by atoms with Crippen LogP contribution >= 0.6 is 0 Å². The molecular weight excluding hydrogens is 308 g/mol. The molecule has 1 amide bonds. The Bertz CT molecular complexity index is 914. The van der Waals surface area contributed by atoms with Gasteiger partial charge >= 0.3 is 5.97 Å². The minimum Gasteiger partial charge on any atom is -0.452 e. The molecule has 0 spiro atoms. The lowest BCUT2D eigenvalue weighted by atomic mass is 10.1. The number of oxazole rings is 1. The number of amides is 1. The molecule has 0 atom stereocenters. The SMILES string of the molecule is Cc1ccc(NC(=O)COC(=O)c2cccc3ocnc23)cc1C. The van der Waals surface area contributed by atoms with Gasteiger partial charge in [0.25, 0.3) is 5.91 Å². The highest BCUT2D eigenvalue weighted by Crippen LogP contribution is 2.18. The smallest absolute Gasteiger partial charge is 0.340 e. The summed E-state index contributed by atoms with van der Waals surface area (Å²) in [5, 5.41) is 2.70. The van der Waals surface area contributed by atoms with E-state index in [1.54, 1.807) is 24.3 Å². The van der Waals surface area contributed by atoms with Crippen molar-refractivity contribution in [2.45, 2.75) is 13.8 Å². The van der Waals surface area contributed by atoms with Crippen LogP contribution in [-0.4, -0.2) is 23.5 Å². The zero-order chi connectivity index (χ0) is 17.1. The van der Waals surface area contributed by atoms with E-state index in [0.29, 0.717) is 16.8 Å². The van der Waals surface area contributed by atoms with E-state index in [4.69, 9.17) is 9.15 Å². The average molecular weight is 324 g/mol. The average Bonchev–Trinajstić information content (AvgIpc) is 3.04. The van der Waals surface area contributed by atoms with Gasteiger partial charge in [0.05, 0.1) is 5.56 Å². The summed E-state index contributed by atoms with van der Waals surface area (Å²) in [5.41, 5.74) is 4.04. The number of ether oxygens (including phenoxy) is 1. The Labute approximate surface area is 138 Å². The van der Waals surface area contributed by atoms with Gasteiger partial charge in [0.2, 0.25) is 0 Å². The number of carbonyl (C=O) groups is 2. The first-order chi connectivity index (χ1) is 11.5. The predicted molar refractivity (Wildman–Crippen MR) is 88.8 cm³/mol. The molecule has 0 bridgehead atoms. The maximum Gasteiger partial charge on any atom is 0.340 e. The maximum atomic E-state index is 12.1. The van der Waals surface area contributed by atoms with Crippen LogP contribution in [0.5, 0.6) is 0 Å². The first-order valence-corrected chi connectivity index (χ1v) is 7.41. The number of esters is 1. The molecule has 1 aromatic heterocycles. The Morgan fingerprint density at radius 2 is 2.00 bits per heavy atom. The zero-order valence-electron chi connectivity index (χ0n) is 13.3. The van der Waals surface area contributed by atoms with Crippen molar-refractivity contribution < 1.29 is 18.7 Å². The van der Waals surface area contributed by atoms with Gasteiger partial charge in [-0.25, -0.2) is 9.78 Å². The lowest BCUT2D eigenvalue weighted by Gasteiger charge is -2.08. The molecule has 6 nitrogen and oxygen atoms in total. The molecule has 0 fully saturated rings. The standard InChI is InChI=1S/C18H16N2O4/c1-11-6-7-13(8-12(11)2)20-16(21)9-23-18(22)14-4-3-5-15-17(14)19-10-24-15/h3-8,10H,9H2,1-2H3,(H,20,21). The topological polar surface area (TPSA) is 81.4 Å². The molecule has 122 valence electrons. The van der Waals surface area contributed by atoms with Crippen molar-refractivity contribution in [3.05, 3.63) is 59.5 Å². The van der Waals surface area contributed by atoms with E-state index < -0.39 is 11.9 Å². The second kappa shape index (κ2) is 6.54. The molecule has 0 aliphatic rings. The van der Waals surface area contributed by atoms with E-state index in [0.717, 1.165) is 11.1 Å². The molecule has 0 saturated carbocycles. The van der Waals surface area contributed by atoms with E-state index >= 15 is 0 Å². The van der Waals surface area contributed by atoms with Crippen LogP contribution in [0.2, 0.25) is 0 Å². The fourth-order valence-corrected chi connectivity index (χ4v) is 2.28. The highest BCUT2D eigenvalue weighted by molar-refractivity contribution is 6.02. The van der Waals surface area contributed by atoms with E-state index in [2.05, 4.69) is 10.3 Å². The maximum absolute atomic E-state index is 12.1. The van der Waals surface area contributed by atoms with Gasteiger partial charge in [-0.2, -0.15) is 0 Å². The summed E-state index contributed by atoms with van der Waals surface area (Å²) >= 11 is 0. The minimum absolute atomic E-state index is 0.264. The number of carbonyl (C=O) groups excluding carboxylic acids is 2. The third-order valence-electron chi connectivity index (χ3n) is 3.71. The summed E-state index contributed by atoms with van der Waals surface area (Å²) in [5.74, 6) is -1.02. The van der Waals surface area contributed by atoms with Gasteiger partial charge in [-0.1, -0.05) is 12.1 Å². The van der Waals surface area contributed by atoms with Gasteiger partial charge in [-0.15, -0.1) is 0 Å².